The first-order valence-electron chi connectivity index (χ1n) is 6.24. The number of hydrogen-bond donors (Lipinski definition) is 2. The molecule has 1 saturated carbocycles. The molecule has 0 amide bonds. The molecule has 16 heavy (non-hydrogen) atoms. The molecule has 90 valence electrons. The highest BCUT2D eigenvalue weighted by Crippen LogP contribution is 2.34. The van der Waals surface area contributed by atoms with Crippen LogP contribution in [-0.2, 0) is 0 Å². The van der Waals surface area contributed by atoms with E-state index < -0.39 is 6.10 Å². The monoisotopic (exact) mass is 223 g/mol. The van der Waals surface area contributed by atoms with E-state index in [1.807, 2.05) is 6.07 Å². The molecule has 1 heterocycles. The molecule has 2 unspecified atom stereocenters. The predicted molar refractivity (Wildman–Crippen MR) is 63.1 cm³/mol. The molecule has 2 rings (SSSR count). The zero-order chi connectivity index (χ0) is 11.4. The van der Waals surface area contributed by atoms with E-state index in [1.54, 1.807) is 12.3 Å². The standard InChI is InChI=1S/C13H21NO2/c1-2-11(8-10-5-6-10)14-9-12(15)13-4-3-7-16-13/h3-4,7,10-12,14-15H,2,5-6,8-9H2,1H3. The highest BCUT2D eigenvalue weighted by Gasteiger charge is 2.24. The predicted octanol–water partition coefficient (Wildman–Crippen LogP) is 2.48. The zero-order valence-corrected chi connectivity index (χ0v) is 9.86. The van der Waals surface area contributed by atoms with Crippen LogP contribution in [0, 0.1) is 5.92 Å². The summed E-state index contributed by atoms with van der Waals surface area (Å²) in [7, 11) is 0. The van der Waals surface area contributed by atoms with E-state index in [4.69, 9.17) is 4.42 Å². The van der Waals surface area contributed by atoms with Gasteiger partial charge < -0.3 is 14.8 Å². The maximum atomic E-state index is 9.85. The molecular formula is C13H21NO2. The summed E-state index contributed by atoms with van der Waals surface area (Å²) in [6.45, 7) is 2.78. The van der Waals surface area contributed by atoms with Gasteiger partial charge in [0.2, 0.25) is 0 Å². The quantitative estimate of drug-likeness (QED) is 0.746. The molecule has 3 heteroatoms. The van der Waals surface area contributed by atoms with Crippen LogP contribution in [0.5, 0.6) is 0 Å². The maximum Gasteiger partial charge on any atom is 0.133 e. The summed E-state index contributed by atoms with van der Waals surface area (Å²) in [5.41, 5.74) is 0. The molecule has 1 fully saturated rings. The van der Waals surface area contributed by atoms with Gasteiger partial charge >= 0.3 is 0 Å². The minimum atomic E-state index is -0.525. The summed E-state index contributed by atoms with van der Waals surface area (Å²) in [6.07, 6.45) is 6.23. The molecule has 1 aliphatic carbocycles. The largest absolute Gasteiger partial charge is 0.467 e. The van der Waals surface area contributed by atoms with Crippen molar-refractivity contribution in [1.82, 2.24) is 5.32 Å². The molecule has 0 bridgehead atoms. The number of rotatable bonds is 7. The van der Waals surface area contributed by atoms with Crippen molar-refractivity contribution in [2.24, 2.45) is 5.92 Å². The molecule has 0 aromatic carbocycles. The minimum Gasteiger partial charge on any atom is -0.467 e. The third-order valence-electron chi connectivity index (χ3n) is 3.28. The second-order valence-electron chi connectivity index (χ2n) is 4.72. The van der Waals surface area contributed by atoms with Crippen LogP contribution in [0.1, 0.15) is 44.5 Å². The summed E-state index contributed by atoms with van der Waals surface area (Å²) in [6, 6.07) is 4.16. The number of hydrogen-bond acceptors (Lipinski definition) is 3. The van der Waals surface area contributed by atoms with Crippen LogP contribution in [0.2, 0.25) is 0 Å². The van der Waals surface area contributed by atoms with Gasteiger partial charge in [0.05, 0.1) is 6.26 Å². The van der Waals surface area contributed by atoms with Crippen molar-refractivity contribution in [2.45, 2.75) is 44.8 Å². The lowest BCUT2D eigenvalue weighted by molar-refractivity contribution is 0.142. The molecule has 2 atom stereocenters. The normalized spacial score (nSPS) is 19.6. The average Bonchev–Trinajstić information content (AvgIpc) is 2.94. The molecule has 0 radical (unpaired) electrons. The van der Waals surface area contributed by atoms with Crippen LogP contribution in [0.25, 0.3) is 0 Å². The van der Waals surface area contributed by atoms with Crippen molar-refractivity contribution < 1.29 is 9.52 Å². The first kappa shape index (κ1) is 11.7. The molecule has 0 aliphatic heterocycles. The molecule has 1 aliphatic rings. The summed E-state index contributed by atoms with van der Waals surface area (Å²) in [4.78, 5) is 0. The summed E-state index contributed by atoms with van der Waals surface area (Å²) in [5.74, 6) is 1.58. The molecule has 3 nitrogen and oxygen atoms in total. The number of furan rings is 1. The van der Waals surface area contributed by atoms with Gasteiger partial charge in [0.25, 0.3) is 0 Å². The van der Waals surface area contributed by atoms with Crippen molar-refractivity contribution in [3.05, 3.63) is 24.2 Å². The van der Waals surface area contributed by atoms with E-state index >= 15 is 0 Å². The Morgan fingerprint density at radius 3 is 2.94 bits per heavy atom. The van der Waals surface area contributed by atoms with Gasteiger partial charge in [0.15, 0.2) is 0 Å². The number of aliphatic hydroxyl groups excluding tert-OH is 1. The second kappa shape index (κ2) is 5.51. The fourth-order valence-electron chi connectivity index (χ4n) is 2.01. The van der Waals surface area contributed by atoms with Crippen LogP contribution in [0.3, 0.4) is 0 Å². The van der Waals surface area contributed by atoms with Crippen molar-refractivity contribution in [1.29, 1.82) is 0 Å². The lowest BCUT2D eigenvalue weighted by Crippen LogP contribution is -2.32. The fraction of sp³-hybridized carbons (Fsp3) is 0.692. The Balaban J connectivity index is 1.72. The van der Waals surface area contributed by atoms with Gasteiger partial charge in [-0.05, 0) is 30.9 Å². The van der Waals surface area contributed by atoms with Crippen LogP contribution in [0.15, 0.2) is 22.8 Å². The Kier molecular flexibility index (Phi) is 4.02. The molecule has 0 spiro atoms. The molecule has 1 aromatic rings. The van der Waals surface area contributed by atoms with Crippen LogP contribution in [-0.4, -0.2) is 17.7 Å². The third-order valence-corrected chi connectivity index (χ3v) is 3.28. The lowest BCUT2D eigenvalue weighted by atomic mass is 10.1. The molecule has 1 aromatic heterocycles. The highest BCUT2D eigenvalue weighted by molar-refractivity contribution is 5.02. The van der Waals surface area contributed by atoms with Crippen molar-refractivity contribution >= 4 is 0 Å². The topological polar surface area (TPSA) is 45.4 Å². The molecule has 0 saturated heterocycles. The van der Waals surface area contributed by atoms with Gasteiger partial charge in [-0.3, -0.25) is 0 Å². The first-order chi connectivity index (χ1) is 7.79. The Morgan fingerprint density at radius 1 is 1.56 bits per heavy atom. The SMILES string of the molecule is CCC(CC1CC1)NCC(O)c1ccco1. The van der Waals surface area contributed by atoms with E-state index in [1.165, 1.54) is 19.3 Å². The summed E-state index contributed by atoms with van der Waals surface area (Å²) >= 11 is 0. The highest BCUT2D eigenvalue weighted by atomic mass is 16.4. The van der Waals surface area contributed by atoms with Gasteiger partial charge in [-0.15, -0.1) is 0 Å². The Hall–Kier alpha value is -0.800. The van der Waals surface area contributed by atoms with Crippen molar-refractivity contribution in [3.8, 4) is 0 Å². The second-order valence-corrected chi connectivity index (χ2v) is 4.72. The van der Waals surface area contributed by atoms with E-state index in [0.29, 0.717) is 18.3 Å². The fourth-order valence-corrected chi connectivity index (χ4v) is 2.01. The number of nitrogens with one attached hydrogen (secondary N) is 1. The maximum absolute atomic E-state index is 9.85. The van der Waals surface area contributed by atoms with E-state index in [0.717, 1.165) is 12.3 Å². The van der Waals surface area contributed by atoms with Crippen LogP contribution >= 0.6 is 0 Å². The molecule has 2 N–H and O–H groups in total. The van der Waals surface area contributed by atoms with Gasteiger partial charge in [-0.1, -0.05) is 19.8 Å². The zero-order valence-electron chi connectivity index (χ0n) is 9.86. The van der Waals surface area contributed by atoms with E-state index in [9.17, 15) is 5.11 Å². The van der Waals surface area contributed by atoms with Crippen LogP contribution < -0.4 is 5.32 Å². The van der Waals surface area contributed by atoms with Crippen LogP contribution in [0.4, 0.5) is 0 Å². The van der Waals surface area contributed by atoms with E-state index in [-0.39, 0.29) is 0 Å². The van der Waals surface area contributed by atoms with Crippen molar-refractivity contribution in [3.63, 3.8) is 0 Å². The van der Waals surface area contributed by atoms with Gasteiger partial charge in [0, 0.05) is 12.6 Å². The Morgan fingerprint density at radius 2 is 2.38 bits per heavy atom. The number of aliphatic hydroxyl groups is 1. The smallest absolute Gasteiger partial charge is 0.133 e. The van der Waals surface area contributed by atoms with E-state index in [2.05, 4.69) is 12.2 Å². The van der Waals surface area contributed by atoms with Gasteiger partial charge in [-0.2, -0.15) is 0 Å². The Bertz CT molecular complexity index is 293. The minimum absolute atomic E-state index is 0.525. The van der Waals surface area contributed by atoms with Gasteiger partial charge in [0.1, 0.15) is 11.9 Å². The first-order valence-corrected chi connectivity index (χ1v) is 6.24. The molecular weight excluding hydrogens is 202 g/mol. The van der Waals surface area contributed by atoms with Gasteiger partial charge in [-0.25, -0.2) is 0 Å². The average molecular weight is 223 g/mol. The van der Waals surface area contributed by atoms with Crippen molar-refractivity contribution in [2.75, 3.05) is 6.54 Å². The summed E-state index contributed by atoms with van der Waals surface area (Å²) < 4.78 is 5.16. The third kappa shape index (κ3) is 3.35. The Labute approximate surface area is 96.8 Å². The lowest BCUT2D eigenvalue weighted by Gasteiger charge is -2.18. The summed E-state index contributed by atoms with van der Waals surface area (Å²) in [5, 5.41) is 13.3.